The predicted octanol–water partition coefficient (Wildman–Crippen LogP) is 4.06. The Hall–Kier alpha value is -3.66. The van der Waals surface area contributed by atoms with E-state index in [1.165, 1.54) is 30.5 Å². The summed E-state index contributed by atoms with van der Waals surface area (Å²) < 4.78 is 31.1. The van der Waals surface area contributed by atoms with Crippen LogP contribution in [0.25, 0.3) is 10.6 Å². The number of anilines is 1. The van der Waals surface area contributed by atoms with Gasteiger partial charge < -0.3 is 24.0 Å². The van der Waals surface area contributed by atoms with Gasteiger partial charge in [-0.15, -0.1) is 11.3 Å². The Labute approximate surface area is 201 Å². The van der Waals surface area contributed by atoms with Crippen molar-refractivity contribution in [2.75, 3.05) is 46.9 Å². The number of ketones is 1. The van der Waals surface area contributed by atoms with Gasteiger partial charge in [-0.3, -0.25) is 10.2 Å². The molecule has 2 aromatic carbocycles. The van der Waals surface area contributed by atoms with Gasteiger partial charge in [0.15, 0.2) is 28.8 Å². The number of thiazole rings is 1. The van der Waals surface area contributed by atoms with Crippen LogP contribution in [0.2, 0.25) is 0 Å². The number of ether oxygens (including phenoxy) is 3. The number of amidine groups is 1. The minimum absolute atomic E-state index is 0.0574. The molecule has 0 spiro atoms. The van der Waals surface area contributed by atoms with Crippen LogP contribution >= 0.6 is 11.3 Å². The second-order valence-electron chi connectivity index (χ2n) is 7.90. The molecule has 4 rings (SSSR count). The van der Waals surface area contributed by atoms with Crippen molar-refractivity contribution in [2.24, 2.45) is 0 Å². The monoisotopic (exact) mass is 484 g/mol. The predicted molar refractivity (Wildman–Crippen MR) is 130 cm³/mol. The van der Waals surface area contributed by atoms with E-state index in [9.17, 15) is 4.79 Å². The molecule has 0 atom stereocenters. The summed E-state index contributed by atoms with van der Waals surface area (Å²) in [5, 5.41) is 11.1. The maximum absolute atomic E-state index is 15.1. The first-order valence-corrected chi connectivity index (χ1v) is 11.3. The van der Waals surface area contributed by atoms with Crippen molar-refractivity contribution in [2.45, 2.75) is 6.54 Å². The molecule has 3 aromatic rings. The highest BCUT2D eigenvalue weighted by Gasteiger charge is 2.33. The molecule has 0 saturated carbocycles. The largest absolute Gasteiger partial charge is 0.494 e. The third-order valence-corrected chi connectivity index (χ3v) is 6.49. The number of carbonyl (C=O) groups is 1. The molecule has 1 aromatic heterocycles. The second-order valence-corrected chi connectivity index (χ2v) is 8.79. The van der Waals surface area contributed by atoms with Crippen molar-refractivity contribution < 1.29 is 23.4 Å². The van der Waals surface area contributed by atoms with Gasteiger partial charge in [-0.05, 0) is 23.8 Å². The summed E-state index contributed by atoms with van der Waals surface area (Å²) in [5.74, 6) is -0.123. The van der Waals surface area contributed by atoms with Crippen molar-refractivity contribution in [1.29, 1.82) is 5.41 Å². The molecule has 0 radical (unpaired) electrons. The molecule has 34 heavy (non-hydrogen) atoms. The molecule has 178 valence electrons. The fourth-order valence-electron chi connectivity index (χ4n) is 4.06. The summed E-state index contributed by atoms with van der Waals surface area (Å²) in [5.41, 5.74) is 2.60. The maximum Gasteiger partial charge on any atom is 0.197 e. The highest BCUT2D eigenvalue weighted by molar-refractivity contribution is 7.13. The highest BCUT2D eigenvalue weighted by atomic mass is 32.1. The summed E-state index contributed by atoms with van der Waals surface area (Å²) >= 11 is 1.45. The average molecular weight is 485 g/mol. The Bertz CT molecular complexity index is 1260. The zero-order valence-electron chi connectivity index (χ0n) is 19.6. The molecule has 2 heterocycles. The molecule has 0 amide bonds. The standard InChI is InChI=1S/C24H25FN4O4S/c1-28(2)16-9-13(8-15(21(16)32-4)24-27-6-7-34-24)17(30)12-29-11-14-10-18(31-3)22(33-5)20(25)19(14)23(29)26/h6-10,26H,11-12H2,1-5H3. The summed E-state index contributed by atoms with van der Waals surface area (Å²) in [6.07, 6.45) is 1.70. The van der Waals surface area contributed by atoms with E-state index < -0.39 is 5.82 Å². The van der Waals surface area contributed by atoms with Crippen LogP contribution < -0.4 is 19.1 Å². The number of aromatic nitrogens is 1. The SMILES string of the molecule is COc1cc2c(c(F)c1OC)C(=N)N(CC(=O)c1cc(-c3nccs3)c(OC)c(N(C)C)c1)C2. The number of hydrogen-bond donors (Lipinski definition) is 1. The van der Waals surface area contributed by atoms with Gasteiger partial charge in [0.1, 0.15) is 10.8 Å². The van der Waals surface area contributed by atoms with Crippen LogP contribution in [0.4, 0.5) is 10.1 Å². The number of hydrogen-bond acceptors (Lipinski definition) is 8. The fraction of sp³-hybridized carbons (Fsp3) is 0.292. The second kappa shape index (κ2) is 9.30. The van der Waals surface area contributed by atoms with Crippen LogP contribution in [-0.4, -0.2) is 63.5 Å². The number of methoxy groups -OCH3 is 3. The van der Waals surface area contributed by atoms with E-state index in [1.54, 1.807) is 31.5 Å². The van der Waals surface area contributed by atoms with Crippen molar-refractivity contribution >= 4 is 28.6 Å². The van der Waals surface area contributed by atoms with Crippen molar-refractivity contribution in [3.63, 3.8) is 0 Å². The van der Waals surface area contributed by atoms with E-state index in [1.807, 2.05) is 24.4 Å². The van der Waals surface area contributed by atoms with E-state index in [4.69, 9.17) is 19.6 Å². The van der Waals surface area contributed by atoms with Gasteiger partial charge in [0.25, 0.3) is 0 Å². The normalized spacial score (nSPS) is 12.5. The number of carbonyl (C=O) groups excluding carboxylic acids is 1. The first-order chi connectivity index (χ1) is 16.3. The Morgan fingerprint density at radius 2 is 1.91 bits per heavy atom. The van der Waals surface area contributed by atoms with Crippen LogP contribution in [0.5, 0.6) is 17.2 Å². The lowest BCUT2D eigenvalue weighted by Crippen LogP contribution is -2.30. The Balaban J connectivity index is 1.68. The molecule has 1 aliphatic heterocycles. The fourth-order valence-corrected chi connectivity index (χ4v) is 4.71. The lowest BCUT2D eigenvalue weighted by molar-refractivity contribution is 0.0962. The molecule has 0 bridgehead atoms. The molecule has 1 aliphatic rings. The molecular formula is C24H25FN4O4S. The molecule has 1 N–H and O–H groups in total. The zero-order valence-corrected chi connectivity index (χ0v) is 20.4. The molecule has 10 heteroatoms. The van der Waals surface area contributed by atoms with Crippen LogP contribution in [0.15, 0.2) is 29.8 Å². The number of halogens is 1. The van der Waals surface area contributed by atoms with Crippen molar-refractivity contribution in [3.8, 4) is 27.8 Å². The number of rotatable bonds is 8. The third kappa shape index (κ3) is 3.94. The van der Waals surface area contributed by atoms with Crippen LogP contribution in [-0.2, 0) is 6.54 Å². The van der Waals surface area contributed by atoms with Gasteiger partial charge in [-0.2, -0.15) is 0 Å². The molecule has 8 nitrogen and oxygen atoms in total. The lowest BCUT2D eigenvalue weighted by Gasteiger charge is -2.21. The maximum atomic E-state index is 15.1. The topological polar surface area (TPSA) is 88.0 Å². The van der Waals surface area contributed by atoms with E-state index in [0.29, 0.717) is 22.4 Å². The van der Waals surface area contributed by atoms with E-state index >= 15 is 4.39 Å². The Morgan fingerprint density at radius 1 is 1.18 bits per heavy atom. The summed E-state index contributed by atoms with van der Waals surface area (Å²) in [7, 11) is 8.10. The molecule has 0 unspecified atom stereocenters. The van der Waals surface area contributed by atoms with Crippen LogP contribution in [0.3, 0.4) is 0 Å². The summed E-state index contributed by atoms with van der Waals surface area (Å²) in [6.45, 7) is 0.126. The van der Waals surface area contributed by atoms with Crippen molar-refractivity contribution in [1.82, 2.24) is 9.88 Å². The molecule has 0 fully saturated rings. The van der Waals surface area contributed by atoms with Gasteiger partial charge in [0.2, 0.25) is 0 Å². The first kappa shape index (κ1) is 23.5. The average Bonchev–Trinajstić information content (AvgIpc) is 3.46. The Kier molecular flexibility index (Phi) is 6.43. The smallest absolute Gasteiger partial charge is 0.197 e. The van der Waals surface area contributed by atoms with E-state index in [2.05, 4.69) is 4.98 Å². The van der Waals surface area contributed by atoms with Gasteiger partial charge in [-0.25, -0.2) is 9.37 Å². The first-order valence-electron chi connectivity index (χ1n) is 10.4. The minimum atomic E-state index is -0.665. The molecule has 0 aliphatic carbocycles. The number of nitrogens with zero attached hydrogens (tertiary/aromatic N) is 3. The quantitative estimate of drug-likeness (QED) is 0.482. The number of fused-ring (bicyclic) bond motifs is 1. The Morgan fingerprint density at radius 3 is 2.50 bits per heavy atom. The van der Waals surface area contributed by atoms with Crippen LogP contribution in [0, 0.1) is 11.2 Å². The molecule has 0 saturated heterocycles. The zero-order chi connectivity index (χ0) is 24.6. The van der Waals surface area contributed by atoms with Gasteiger partial charge in [-0.1, -0.05) is 0 Å². The van der Waals surface area contributed by atoms with Gasteiger partial charge >= 0.3 is 0 Å². The van der Waals surface area contributed by atoms with Gasteiger partial charge in [0, 0.05) is 37.8 Å². The highest BCUT2D eigenvalue weighted by Crippen LogP contribution is 2.41. The van der Waals surface area contributed by atoms with Gasteiger partial charge in [0.05, 0.1) is 44.7 Å². The summed E-state index contributed by atoms with van der Waals surface area (Å²) in [6, 6.07) is 5.17. The van der Waals surface area contributed by atoms with Crippen LogP contribution in [0.1, 0.15) is 21.5 Å². The number of nitrogens with one attached hydrogen (secondary N) is 1. The minimum Gasteiger partial charge on any atom is -0.494 e. The molecular weight excluding hydrogens is 459 g/mol. The summed E-state index contributed by atoms with van der Waals surface area (Å²) in [4.78, 5) is 21.2. The lowest BCUT2D eigenvalue weighted by atomic mass is 10.0. The van der Waals surface area contributed by atoms with E-state index in [-0.39, 0.29) is 41.8 Å². The van der Waals surface area contributed by atoms with E-state index in [0.717, 1.165) is 10.7 Å². The number of Topliss-reactive ketones (excluding diaryl/α,β-unsaturated/α-hetero) is 1. The number of benzene rings is 2. The third-order valence-electron chi connectivity index (χ3n) is 5.68. The van der Waals surface area contributed by atoms with Crippen molar-refractivity contribution in [3.05, 3.63) is 52.3 Å².